The number of sulfonamides is 1. The molecular formula is C19H16N2O3S. The Labute approximate surface area is 146 Å². The van der Waals surface area contributed by atoms with Crippen molar-refractivity contribution in [1.82, 2.24) is 4.90 Å². The average Bonchev–Trinajstić information content (AvgIpc) is 2.62. The summed E-state index contributed by atoms with van der Waals surface area (Å²) in [6.45, 7) is 0.402. The van der Waals surface area contributed by atoms with Crippen LogP contribution in [0, 0.1) is 0 Å². The number of benzene rings is 2. The van der Waals surface area contributed by atoms with Crippen LogP contribution >= 0.6 is 0 Å². The van der Waals surface area contributed by atoms with E-state index in [2.05, 4.69) is 4.40 Å². The first kappa shape index (κ1) is 15.7. The summed E-state index contributed by atoms with van der Waals surface area (Å²) in [4.78, 5) is 1.92. The Morgan fingerprint density at radius 3 is 2.44 bits per heavy atom. The molecule has 0 aromatic heterocycles. The van der Waals surface area contributed by atoms with Gasteiger partial charge in [0.1, 0.15) is 17.3 Å². The van der Waals surface area contributed by atoms with Crippen molar-refractivity contribution in [3.63, 3.8) is 0 Å². The number of rotatable bonds is 3. The van der Waals surface area contributed by atoms with Crippen LogP contribution < -0.4 is 4.74 Å². The van der Waals surface area contributed by atoms with Crippen LogP contribution in [0.4, 0.5) is 0 Å². The quantitative estimate of drug-likeness (QED) is 0.849. The first-order chi connectivity index (χ1) is 12.1. The van der Waals surface area contributed by atoms with Gasteiger partial charge in [0.2, 0.25) is 0 Å². The van der Waals surface area contributed by atoms with Crippen molar-refractivity contribution in [3.05, 3.63) is 78.4 Å². The molecule has 0 spiro atoms. The lowest BCUT2D eigenvalue weighted by Gasteiger charge is -2.31. The summed E-state index contributed by atoms with van der Waals surface area (Å²) in [5.74, 6) is 2.02. The summed E-state index contributed by atoms with van der Waals surface area (Å²) in [6.07, 6.45) is 5.50. The van der Waals surface area contributed by atoms with Crippen LogP contribution in [0.1, 0.15) is 5.56 Å². The third kappa shape index (κ3) is 3.34. The van der Waals surface area contributed by atoms with Crippen molar-refractivity contribution in [1.29, 1.82) is 0 Å². The Morgan fingerprint density at radius 2 is 1.68 bits per heavy atom. The summed E-state index contributed by atoms with van der Waals surface area (Å²) in [5.41, 5.74) is 1.92. The van der Waals surface area contributed by atoms with E-state index in [1.807, 2.05) is 71.6 Å². The Bertz CT molecular complexity index is 975. The second-order valence-corrected chi connectivity index (χ2v) is 7.49. The Balaban J connectivity index is 1.58. The van der Waals surface area contributed by atoms with Crippen LogP contribution in [0.5, 0.6) is 11.5 Å². The monoisotopic (exact) mass is 352 g/mol. The van der Waals surface area contributed by atoms with Crippen LogP contribution in [-0.4, -0.2) is 31.5 Å². The summed E-state index contributed by atoms with van der Waals surface area (Å²) < 4.78 is 33.0. The van der Waals surface area contributed by atoms with E-state index in [1.54, 1.807) is 6.08 Å². The number of amidine groups is 1. The average molecular weight is 352 g/mol. The highest BCUT2D eigenvalue weighted by Gasteiger charge is 2.27. The molecule has 6 heteroatoms. The molecule has 126 valence electrons. The highest BCUT2D eigenvalue weighted by molar-refractivity contribution is 7.90. The van der Waals surface area contributed by atoms with Crippen molar-refractivity contribution >= 4 is 21.6 Å². The highest BCUT2D eigenvalue weighted by Crippen LogP contribution is 2.28. The summed E-state index contributed by atoms with van der Waals surface area (Å²) >= 11 is 0. The standard InChI is InChI=1S/C19H16N2O3S/c22-25(23)14-13-21-18(7-4-8-19(21)20-25)15-9-11-17(12-10-15)24-16-5-2-1-3-6-16/h1-12H,13-14H2. The van der Waals surface area contributed by atoms with E-state index in [4.69, 9.17) is 4.74 Å². The van der Waals surface area contributed by atoms with E-state index in [9.17, 15) is 8.42 Å². The van der Waals surface area contributed by atoms with Gasteiger partial charge in [-0.1, -0.05) is 24.3 Å². The van der Waals surface area contributed by atoms with Gasteiger partial charge in [0.05, 0.1) is 5.75 Å². The van der Waals surface area contributed by atoms with Gasteiger partial charge in [-0.25, -0.2) is 8.42 Å². The molecular weight excluding hydrogens is 336 g/mol. The van der Waals surface area contributed by atoms with Crippen molar-refractivity contribution in [2.24, 2.45) is 4.40 Å². The van der Waals surface area contributed by atoms with Crippen LogP contribution in [-0.2, 0) is 10.0 Å². The zero-order chi connectivity index (χ0) is 17.3. The zero-order valence-electron chi connectivity index (χ0n) is 13.4. The van der Waals surface area contributed by atoms with Crippen molar-refractivity contribution in [3.8, 4) is 11.5 Å². The molecule has 0 fully saturated rings. The van der Waals surface area contributed by atoms with E-state index in [1.165, 1.54) is 0 Å². The molecule has 0 N–H and O–H groups in total. The molecule has 0 saturated carbocycles. The Morgan fingerprint density at radius 1 is 0.960 bits per heavy atom. The minimum Gasteiger partial charge on any atom is -0.457 e. The molecule has 5 nitrogen and oxygen atoms in total. The molecule has 2 aromatic carbocycles. The lowest BCUT2D eigenvalue weighted by Crippen LogP contribution is -2.38. The third-order valence-electron chi connectivity index (χ3n) is 4.00. The molecule has 2 aliphatic rings. The van der Waals surface area contributed by atoms with Gasteiger partial charge in [-0.2, -0.15) is 0 Å². The number of hydrogen-bond acceptors (Lipinski definition) is 4. The first-order valence-electron chi connectivity index (χ1n) is 7.93. The fraction of sp³-hybridized carbons (Fsp3) is 0.105. The first-order valence-corrected chi connectivity index (χ1v) is 9.54. The number of nitrogens with zero attached hydrogens (tertiary/aromatic N) is 2. The lowest BCUT2D eigenvalue weighted by atomic mass is 10.1. The SMILES string of the molecule is O=S1(=O)CCN2C(c3ccc(Oc4ccccc4)cc3)=CC=CC2=N1. The maximum absolute atomic E-state index is 11.7. The fourth-order valence-corrected chi connectivity index (χ4v) is 3.76. The van der Waals surface area contributed by atoms with E-state index in [0.717, 1.165) is 22.8 Å². The minimum absolute atomic E-state index is 0.0247. The van der Waals surface area contributed by atoms with Crippen molar-refractivity contribution in [2.45, 2.75) is 0 Å². The topological polar surface area (TPSA) is 59.0 Å². The Kier molecular flexibility index (Phi) is 3.89. The van der Waals surface area contributed by atoms with Gasteiger partial charge in [0.25, 0.3) is 10.0 Å². The fourth-order valence-electron chi connectivity index (χ4n) is 2.81. The number of ether oxygens (including phenoxy) is 1. The third-order valence-corrected chi connectivity index (χ3v) is 5.16. The molecule has 0 amide bonds. The molecule has 4 rings (SSSR count). The lowest BCUT2D eigenvalue weighted by molar-refractivity contribution is 0.482. The highest BCUT2D eigenvalue weighted by atomic mass is 32.2. The van der Waals surface area contributed by atoms with Crippen molar-refractivity contribution < 1.29 is 13.2 Å². The van der Waals surface area contributed by atoms with E-state index in [-0.39, 0.29) is 5.75 Å². The van der Waals surface area contributed by atoms with Crippen LogP contribution in [0.3, 0.4) is 0 Å². The normalized spacial score (nSPS) is 18.2. The molecule has 0 radical (unpaired) electrons. The summed E-state index contributed by atoms with van der Waals surface area (Å²) in [6, 6.07) is 17.3. The van der Waals surface area contributed by atoms with Crippen LogP contribution in [0.15, 0.2) is 77.2 Å². The summed E-state index contributed by atoms with van der Waals surface area (Å²) in [5, 5.41) is 0. The molecule has 2 heterocycles. The number of hydrogen-bond donors (Lipinski definition) is 0. The van der Waals surface area contributed by atoms with Gasteiger partial charge in [0, 0.05) is 12.2 Å². The van der Waals surface area contributed by atoms with Gasteiger partial charge >= 0.3 is 0 Å². The maximum Gasteiger partial charge on any atom is 0.256 e. The second kappa shape index (κ2) is 6.22. The largest absolute Gasteiger partial charge is 0.457 e. The van der Waals surface area contributed by atoms with Crippen LogP contribution in [0.2, 0.25) is 0 Å². The zero-order valence-corrected chi connectivity index (χ0v) is 14.2. The second-order valence-electron chi connectivity index (χ2n) is 5.74. The Hall–Kier alpha value is -2.86. The predicted octanol–water partition coefficient (Wildman–Crippen LogP) is 3.43. The number of para-hydroxylation sites is 1. The van der Waals surface area contributed by atoms with Gasteiger partial charge in [0.15, 0.2) is 0 Å². The van der Waals surface area contributed by atoms with Gasteiger partial charge < -0.3 is 9.64 Å². The molecule has 0 saturated heterocycles. The molecule has 25 heavy (non-hydrogen) atoms. The molecule has 0 unspecified atom stereocenters. The number of allylic oxidation sites excluding steroid dienone is 2. The number of fused-ring (bicyclic) bond motifs is 1. The predicted molar refractivity (Wildman–Crippen MR) is 98.0 cm³/mol. The smallest absolute Gasteiger partial charge is 0.256 e. The molecule has 2 aromatic rings. The molecule has 0 atom stereocenters. The molecule has 2 aliphatic heterocycles. The van der Waals surface area contributed by atoms with Gasteiger partial charge in [-0.05, 0) is 54.1 Å². The maximum atomic E-state index is 11.7. The summed E-state index contributed by atoms with van der Waals surface area (Å²) in [7, 11) is -3.35. The van der Waals surface area contributed by atoms with E-state index in [0.29, 0.717) is 12.4 Å². The van der Waals surface area contributed by atoms with Crippen molar-refractivity contribution in [2.75, 3.05) is 12.3 Å². The van der Waals surface area contributed by atoms with E-state index < -0.39 is 10.0 Å². The van der Waals surface area contributed by atoms with E-state index >= 15 is 0 Å². The van der Waals surface area contributed by atoms with Crippen LogP contribution in [0.25, 0.3) is 5.70 Å². The minimum atomic E-state index is -3.35. The van der Waals surface area contributed by atoms with Gasteiger partial charge in [-0.3, -0.25) is 0 Å². The molecule has 0 aliphatic carbocycles. The van der Waals surface area contributed by atoms with Gasteiger partial charge in [-0.15, -0.1) is 4.40 Å². The molecule has 0 bridgehead atoms.